The molecule has 3 N–H and O–H groups in total. The first kappa shape index (κ1) is 23.8. The molecule has 1 saturated carbocycles. The van der Waals surface area contributed by atoms with E-state index in [1.54, 1.807) is 6.07 Å². The zero-order valence-corrected chi connectivity index (χ0v) is 20.2. The molecule has 7 heteroatoms. The molecule has 2 aromatic rings. The fourth-order valence-corrected chi connectivity index (χ4v) is 5.90. The molecule has 3 aliphatic rings. The van der Waals surface area contributed by atoms with E-state index in [-0.39, 0.29) is 36.4 Å². The van der Waals surface area contributed by atoms with E-state index in [9.17, 15) is 9.59 Å². The first-order valence-corrected chi connectivity index (χ1v) is 12.6. The van der Waals surface area contributed by atoms with Crippen LogP contribution in [0.3, 0.4) is 0 Å². The Morgan fingerprint density at radius 1 is 1.09 bits per heavy atom. The highest BCUT2D eigenvalue weighted by atomic mass is 35.5. The number of fused-ring (bicyclic) bond motifs is 1. The van der Waals surface area contributed by atoms with E-state index in [0.717, 1.165) is 31.2 Å². The highest BCUT2D eigenvalue weighted by molar-refractivity contribution is 6.31. The maximum atomic E-state index is 13.9. The zero-order valence-electron chi connectivity index (χ0n) is 19.5. The molecule has 0 saturated heterocycles. The molecule has 0 radical (unpaired) electrons. The minimum Gasteiger partial charge on any atom is -0.329 e. The lowest BCUT2D eigenvalue weighted by molar-refractivity contribution is -0.138. The molecule has 0 spiro atoms. The average molecular weight is 492 g/mol. The average Bonchev–Trinajstić information content (AvgIpc) is 3.31. The number of rotatable bonds is 6. The normalized spacial score (nSPS) is 27.9. The molecular formula is C28H30ClN3O3. The second kappa shape index (κ2) is 10.4. The molecule has 5 rings (SSSR count). The van der Waals surface area contributed by atoms with Gasteiger partial charge in [-0.2, -0.15) is 0 Å². The summed E-state index contributed by atoms with van der Waals surface area (Å²) in [7, 11) is 0. The zero-order chi connectivity index (χ0) is 24.4. The van der Waals surface area contributed by atoms with E-state index >= 15 is 0 Å². The summed E-state index contributed by atoms with van der Waals surface area (Å²) >= 11 is 6.32. The van der Waals surface area contributed by atoms with Crippen molar-refractivity contribution >= 4 is 23.4 Å². The second-order valence-electron chi connectivity index (χ2n) is 9.51. The van der Waals surface area contributed by atoms with Gasteiger partial charge in [-0.25, -0.2) is 5.48 Å². The lowest BCUT2D eigenvalue weighted by atomic mass is 9.74. The van der Waals surface area contributed by atoms with Crippen LogP contribution in [0.15, 0.2) is 77.9 Å². The molecule has 2 amide bonds. The minimum atomic E-state index is -0.637. The van der Waals surface area contributed by atoms with E-state index in [1.165, 1.54) is 0 Å². The van der Waals surface area contributed by atoms with Crippen molar-refractivity contribution in [3.05, 3.63) is 94.5 Å². The Bertz CT molecular complexity index is 1150. The third kappa shape index (κ3) is 4.79. The molecule has 35 heavy (non-hydrogen) atoms. The molecule has 2 aromatic carbocycles. The van der Waals surface area contributed by atoms with Crippen molar-refractivity contribution < 1.29 is 14.4 Å². The van der Waals surface area contributed by atoms with Crippen molar-refractivity contribution in [2.75, 3.05) is 0 Å². The molecule has 3 unspecified atom stereocenters. The predicted molar refractivity (Wildman–Crippen MR) is 135 cm³/mol. The van der Waals surface area contributed by atoms with Gasteiger partial charge in [-0.05, 0) is 36.1 Å². The summed E-state index contributed by atoms with van der Waals surface area (Å²) in [5.41, 5.74) is 11.4. The number of halogens is 1. The fraction of sp³-hybridized carbons (Fsp3) is 0.357. The second-order valence-corrected chi connectivity index (χ2v) is 9.95. The monoisotopic (exact) mass is 491 g/mol. The van der Waals surface area contributed by atoms with Crippen LogP contribution in [-0.2, 0) is 16.2 Å². The van der Waals surface area contributed by atoms with Gasteiger partial charge in [-0.15, -0.1) is 0 Å². The number of allylic oxidation sites excluding steroid dienone is 2. The molecule has 5 atom stereocenters. The van der Waals surface area contributed by atoms with Crippen LogP contribution in [0.25, 0.3) is 0 Å². The van der Waals surface area contributed by atoms with E-state index < -0.39 is 12.0 Å². The molecule has 1 aliphatic heterocycles. The summed E-state index contributed by atoms with van der Waals surface area (Å²) in [6.07, 6.45) is 9.45. The highest BCUT2D eigenvalue weighted by Crippen LogP contribution is 2.43. The van der Waals surface area contributed by atoms with Gasteiger partial charge < -0.3 is 10.6 Å². The number of nitrogens with zero attached hydrogens (tertiary/aromatic N) is 1. The molecule has 0 bridgehead atoms. The van der Waals surface area contributed by atoms with Crippen LogP contribution in [0.4, 0.5) is 0 Å². The summed E-state index contributed by atoms with van der Waals surface area (Å²) < 4.78 is 0. The topological polar surface area (TPSA) is 84.7 Å². The van der Waals surface area contributed by atoms with Crippen molar-refractivity contribution in [3.8, 4) is 0 Å². The van der Waals surface area contributed by atoms with Gasteiger partial charge in [-0.3, -0.25) is 14.4 Å². The van der Waals surface area contributed by atoms with Gasteiger partial charge in [0.25, 0.3) is 11.8 Å². The minimum absolute atomic E-state index is 0.0768. The fourth-order valence-electron chi connectivity index (χ4n) is 5.68. The van der Waals surface area contributed by atoms with Gasteiger partial charge in [0.15, 0.2) is 0 Å². The van der Waals surface area contributed by atoms with Crippen molar-refractivity contribution in [2.24, 2.45) is 11.7 Å². The van der Waals surface area contributed by atoms with Crippen LogP contribution < -0.4 is 11.2 Å². The Hall–Kier alpha value is -2.93. The van der Waals surface area contributed by atoms with Gasteiger partial charge in [0.1, 0.15) is 0 Å². The summed E-state index contributed by atoms with van der Waals surface area (Å²) in [4.78, 5) is 35.1. The SMILES string of the molecule is N[C@@H]1CCCC[C@H]1N1C(=O)c2ccccc2C(C(=O)NOCc2ccccc2)C1C1C=CC(Cl)=C1. The first-order chi connectivity index (χ1) is 17.0. The van der Waals surface area contributed by atoms with Crippen molar-refractivity contribution in [1.29, 1.82) is 0 Å². The Kier molecular flexibility index (Phi) is 7.04. The van der Waals surface area contributed by atoms with Gasteiger partial charge in [0.05, 0.1) is 18.6 Å². The Balaban J connectivity index is 1.51. The molecule has 1 heterocycles. The predicted octanol–water partition coefficient (Wildman–Crippen LogP) is 4.42. The summed E-state index contributed by atoms with van der Waals surface area (Å²) in [6, 6.07) is 16.3. The van der Waals surface area contributed by atoms with E-state index in [2.05, 4.69) is 5.48 Å². The number of hydroxylamine groups is 1. The smallest absolute Gasteiger partial charge is 0.254 e. The van der Waals surface area contributed by atoms with E-state index in [0.29, 0.717) is 16.2 Å². The maximum Gasteiger partial charge on any atom is 0.254 e. The number of carbonyl (C=O) groups excluding carboxylic acids is 2. The summed E-state index contributed by atoms with van der Waals surface area (Å²) in [5, 5.41) is 0.605. The molecule has 0 aromatic heterocycles. The van der Waals surface area contributed by atoms with Crippen LogP contribution in [0.1, 0.15) is 53.1 Å². The lowest BCUT2D eigenvalue weighted by Crippen LogP contribution is -2.62. The van der Waals surface area contributed by atoms with Gasteiger partial charge in [0, 0.05) is 28.6 Å². The van der Waals surface area contributed by atoms with Gasteiger partial charge >= 0.3 is 0 Å². The third-order valence-electron chi connectivity index (χ3n) is 7.32. The standard InChI is InChI=1S/C28H30ClN3O3/c29-20-15-14-19(16-20)26-25(27(33)31-35-17-18-8-2-1-3-9-18)21-10-4-5-11-22(21)28(34)32(26)24-13-7-6-12-23(24)30/h1-5,8-11,14-16,19,23-26H,6-7,12-13,17,30H2,(H,31,33)/t19?,23-,24-,25?,26?/m1/s1. The van der Waals surface area contributed by atoms with Gasteiger partial charge in [0.2, 0.25) is 0 Å². The first-order valence-electron chi connectivity index (χ1n) is 12.2. The van der Waals surface area contributed by atoms with Crippen molar-refractivity contribution in [3.63, 3.8) is 0 Å². The number of amides is 2. The van der Waals surface area contributed by atoms with E-state index in [1.807, 2.05) is 71.7 Å². The lowest BCUT2D eigenvalue weighted by Gasteiger charge is -2.49. The maximum absolute atomic E-state index is 13.9. The van der Waals surface area contributed by atoms with Crippen molar-refractivity contribution in [2.45, 2.75) is 56.3 Å². The van der Waals surface area contributed by atoms with Crippen LogP contribution in [0, 0.1) is 5.92 Å². The van der Waals surface area contributed by atoms with Crippen LogP contribution in [0.5, 0.6) is 0 Å². The number of nitrogens with two attached hydrogens (primary N) is 1. The quantitative estimate of drug-likeness (QED) is 0.586. The molecule has 2 aliphatic carbocycles. The molecule has 1 fully saturated rings. The third-order valence-corrected chi connectivity index (χ3v) is 7.57. The molecule has 6 nitrogen and oxygen atoms in total. The molecule has 182 valence electrons. The van der Waals surface area contributed by atoms with Crippen LogP contribution in [-0.4, -0.2) is 34.8 Å². The summed E-state index contributed by atoms with van der Waals surface area (Å²) in [6.45, 7) is 0.247. The number of hydrogen-bond acceptors (Lipinski definition) is 4. The number of hydrogen-bond donors (Lipinski definition) is 2. The Morgan fingerprint density at radius 2 is 1.83 bits per heavy atom. The Morgan fingerprint density at radius 3 is 2.57 bits per heavy atom. The van der Waals surface area contributed by atoms with Crippen molar-refractivity contribution in [1.82, 2.24) is 10.4 Å². The number of carbonyl (C=O) groups is 2. The van der Waals surface area contributed by atoms with Crippen LogP contribution >= 0.6 is 11.6 Å². The summed E-state index contributed by atoms with van der Waals surface area (Å²) in [5.74, 6) is -1.21. The number of nitrogens with one attached hydrogen (secondary N) is 1. The van der Waals surface area contributed by atoms with E-state index in [4.69, 9.17) is 22.2 Å². The van der Waals surface area contributed by atoms with Crippen LogP contribution in [0.2, 0.25) is 0 Å². The highest BCUT2D eigenvalue weighted by Gasteiger charge is 2.49. The molecular weight excluding hydrogens is 462 g/mol. The van der Waals surface area contributed by atoms with Gasteiger partial charge in [-0.1, -0.05) is 85.1 Å². The Labute approximate surface area is 210 Å². The number of benzene rings is 2. The largest absolute Gasteiger partial charge is 0.329 e.